The fourth-order valence-electron chi connectivity index (χ4n) is 2.55. The molecule has 1 heterocycles. The molecule has 0 aliphatic rings. The molecule has 0 saturated carbocycles. The van der Waals surface area contributed by atoms with Gasteiger partial charge in [-0.25, -0.2) is 13.8 Å². The van der Waals surface area contributed by atoms with Gasteiger partial charge in [0.05, 0.1) is 0 Å². The number of nitrogens with one attached hydrogen (secondary N) is 2. The predicted octanol–water partition coefficient (Wildman–Crippen LogP) is 3.52. The summed E-state index contributed by atoms with van der Waals surface area (Å²) in [5.41, 5.74) is 1.29. The third-order valence-electron chi connectivity index (χ3n) is 3.99. The summed E-state index contributed by atoms with van der Waals surface area (Å²) in [5, 5.41) is 5.47. The SMILES string of the molecule is Cc1cc(=O)n(CC(=O)Nc2ccc(C)c(F)c2)c(Nc2ccc(F)cc2)n1. The Hall–Kier alpha value is -3.55. The first-order chi connectivity index (χ1) is 13.3. The Balaban J connectivity index is 1.84. The van der Waals surface area contributed by atoms with Crippen LogP contribution in [0.3, 0.4) is 0 Å². The number of hydrogen-bond acceptors (Lipinski definition) is 4. The van der Waals surface area contributed by atoms with Crippen LogP contribution in [0.2, 0.25) is 0 Å². The molecule has 144 valence electrons. The van der Waals surface area contributed by atoms with Gasteiger partial charge in [-0.3, -0.25) is 14.2 Å². The van der Waals surface area contributed by atoms with Crippen molar-refractivity contribution in [2.24, 2.45) is 0 Å². The van der Waals surface area contributed by atoms with Gasteiger partial charge in [-0.1, -0.05) is 6.07 Å². The van der Waals surface area contributed by atoms with E-state index in [2.05, 4.69) is 15.6 Å². The van der Waals surface area contributed by atoms with Crippen LogP contribution >= 0.6 is 0 Å². The Morgan fingerprint density at radius 1 is 1.04 bits per heavy atom. The van der Waals surface area contributed by atoms with E-state index in [0.29, 0.717) is 16.9 Å². The maximum Gasteiger partial charge on any atom is 0.255 e. The zero-order valence-electron chi connectivity index (χ0n) is 15.3. The first kappa shape index (κ1) is 19.2. The molecular formula is C20H18F2N4O2. The Bertz CT molecular complexity index is 1080. The van der Waals surface area contributed by atoms with Crippen molar-refractivity contribution < 1.29 is 13.6 Å². The second-order valence-electron chi connectivity index (χ2n) is 6.29. The molecule has 8 heteroatoms. The van der Waals surface area contributed by atoms with Crippen molar-refractivity contribution in [3.05, 3.63) is 81.8 Å². The summed E-state index contributed by atoms with van der Waals surface area (Å²) in [7, 11) is 0. The summed E-state index contributed by atoms with van der Waals surface area (Å²) in [5.74, 6) is -1.21. The van der Waals surface area contributed by atoms with Crippen LogP contribution in [-0.4, -0.2) is 15.5 Å². The van der Waals surface area contributed by atoms with E-state index >= 15 is 0 Å². The molecule has 0 fully saturated rings. The minimum atomic E-state index is -0.516. The van der Waals surface area contributed by atoms with Crippen molar-refractivity contribution in [2.45, 2.75) is 20.4 Å². The van der Waals surface area contributed by atoms with Crippen molar-refractivity contribution in [2.75, 3.05) is 10.6 Å². The highest BCUT2D eigenvalue weighted by Gasteiger charge is 2.13. The molecule has 0 spiro atoms. The number of benzene rings is 2. The minimum absolute atomic E-state index is 0.141. The van der Waals surface area contributed by atoms with Gasteiger partial charge in [-0.05, 0) is 55.8 Å². The molecule has 0 radical (unpaired) electrons. The van der Waals surface area contributed by atoms with Gasteiger partial charge in [-0.2, -0.15) is 0 Å². The van der Waals surface area contributed by atoms with Crippen molar-refractivity contribution in [3.63, 3.8) is 0 Å². The largest absolute Gasteiger partial charge is 0.326 e. The zero-order valence-corrected chi connectivity index (χ0v) is 15.3. The number of aromatic nitrogens is 2. The van der Waals surface area contributed by atoms with Gasteiger partial charge in [-0.15, -0.1) is 0 Å². The van der Waals surface area contributed by atoms with Gasteiger partial charge in [0.15, 0.2) is 0 Å². The van der Waals surface area contributed by atoms with Crippen molar-refractivity contribution >= 4 is 23.2 Å². The molecule has 0 unspecified atom stereocenters. The Morgan fingerprint density at radius 3 is 2.39 bits per heavy atom. The van der Waals surface area contributed by atoms with Crippen molar-refractivity contribution in [1.29, 1.82) is 0 Å². The fourth-order valence-corrected chi connectivity index (χ4v) is 2.55. The highest BCUT2D eigenvalue weighted by atomic mass is 19.1. The van der Waals surface area contributed by atoms with E-state index in [1.165, 1.54) is 36.4 Å². The molecule has 2 aromatic carbocycles. The quantitative estimate of drug-likeness (QED) is 0.706. The van der Waals surface area contributed by atoms with Crippen LogP contribution in [-0.2, 0) is 11.3 Å². The average Bonchev–Trinajstić information content (AvgIpc) is 2.63. The lowest BCUT2D eigenvalue weighted by Crippen LogP contribution is -2.30. The van der Waals surface area contributed by atoms with Gasteiger partial charge in [0.1, 0.15) is 18.2 Å². The van der Waals surface area contributed by atoms with Crippen LogP contribution < -0.4 is 16.2 Å². The Kier molecular flexibility index (Phi) is 5.49. The third kappa shape index (κ3) is 4.59. The molecule has 0 atom stereocenters. The first-order valence-corrected chi connectivity index (χ1v) is 8.49. The fraction of sp³-hybridized carbons (Fsp3) is 0.150. The van der Waals surface area contributed by atoms with Gasteiger partial charge in [0.25, 0.3) is 5.56 Å². The molecule has 0 aliphatic carbocycles. The molecule has 0 aliphatic heterocycles. The minimum Gasteiger partial charge on any atom is -0.326 e. The summed E-state index contributed by atoms with van der Waals surface area (Å²) >= 11 is 0. The van der Waals surface area contributed by atoms with Crippen LogP contribution in [0, 0.1) is 25.5 Å². The predicted molar refractivity (Wildman–Crippen MR) is 103 cm³/mol. The number of carbonyl (C=O) groups excluding carboxylic acids is 1. The first-order valence-electron chi connectivity index (χ1n) is 8.49. The highest BCUT2D eigenvalue weighted by Crippen LogP contribution is 2.16. The summed E-state index contributed by atoms with van der Waals surface area (Å²) in [6, 6.07) is 11.1. The monoisotopic (exact) mass is 384 g/mol. The topological polar surface area (TPSA) is 76.0 Å². The van der Waals surface area contributed by atoms with Crippen molar-refractivity contribution in [3.8, 4) is 0 Å². The molecule has 1 amide bonds. The summed E-state index contributed by atoms with van der Waals surface area (Å²) in [6.45, 7) is 2.94. The van der Waals surface area contributed by atoms with Crippen LogP contribution in [0.5, 0.6) is 0 Å². The number of nitrogens with zero attached hydrogens (tertiary/aromatic N) is 2. The van der Waals surface area contributed by atoms with Crippen LogP contribution in [0.15, 0.2) is 53.3 Å². The Morgan fingerprint density at radius 2 is 1.71 bits per heavy atom. The average molecular weight is 384 g/mol. The van der Waals surface area contributed by atoms with E-state index in [0.717, 1.165) is 4.57 Å². The number of halogens is 2. The molecule has 3 aromatic rings. The van der Waals surface area contributed by atoms with E-state index in [1.807, 2.05) is 0 Å². The maximum atomic E-state index is 13.6. The van der Waals surface area contributed by atoms with Gasteiger partial charge < -0.3 is 10.6 Å². The maximum absolute atomic E-state index is 13.6. The molecule has 0 saturated heterocycles. The van der Waals surface area contributed by atoms with E-state index in [4.69, 9.17) is 0 Å². The normalized spacial score (nSPS) is 10.6. The van der Waals surface area contributed by atoms with Gasteiger partial charge in [0, 0.05) is 23.1 Å². The van der Waals surface area contributed by atoms with Gasteiger partial charge >= 0.3 is 0 Å². The van der Waals surface area contributed by atoms with E-state index in [9.17, 15) is 18.4 Å². The number of amides is 1. The molecule has 6 nitrogen and oxygen atoms in total. The molecule has 0 bridgehead atoms. The number of rotatable bonds is 5. The lowest BCUT2D eigenvalue weighted by Gasteiger charge is -2.14. The lowest BCUT2D eigenvalue weighted by molar-refractivity contribution is -0.116. The van der Waals surface area contributed by atoms with Gasteiger partial charge in [0.2, 0.25) is 11.9 Å². The summed E-state index contributed by atoms with van der Waals surface area (Å²) in [4.78, 5) is 29.0. The van der Waals surface area contributed by atoms with Crippen molar-refractivity contribution in [1.82, 2.24) is 9.55 Å². The van der Waals surface area contributed by atoms with E-state index in [-0.39, 0.29) is 18.2 Å². The van der Waals surface area contributed by atoms with E-state index < -0.39 is 23.1 Å². The number of anilines is 3. The number of aryl methyl sites for hydroxylation is 2. The zero-order chi connectivity index (χ0) is 20.3. The molecule has 3 rings (SSSR count). The van der Waals surface area contributed by atoms with E-state index in [1.54, 1.807) is 26.0 Å². The Labute approximate surface area is 159 Å². The van der Waals surface area contributed by atoms with Crippen LogP contribution in [0.4, 0.5) is 26.1 Å². The molecule has 28 heavy (non-hydrogen) atoms. The van der Waals surface area contributed by atoms with Crippen LogP contribution in [0.25, 0.3) is 0 Å². The second-order valence-corrected chi connectivity index (χ2v) is 6.29. The lowest BCUT2D eigenvalue weighted by atomic mass is 10.2. The summed E-state index contributed by atoms with van der Waals surface area (Å²) in [6.07, 6.45) is 0. The summed E-state index contributed by atoms with van der Waals surface area (Å²) < 4.78 is 27.9. The standard InChI is InChI=1S/C20H18F2N4O2/c1-12-3-6-16(10-17(12)22)24-18(27)11-26-19(28)9-13(2)23-20(26)25-15-7-4-14(21)5-8-15/h3-10H,11H2,1-2H3,(H,23,25)(H,24,27). The molecular weight excluding hydrogens is 366 g/mol. The van der Waals surface area contributed by atoms with Crippen LogP contribution in [0.1, 0.15) is 11.3 Å². The number of hydrogen-bond donors (Lipinski definition) is 2. The third-order valence-corrected chi connectivity index (χ3v) is 3.99. The molecule has 2 N–H and O–H groups in total. The molecule has 1 aromatic heterocycles. The second kappa shape index (κ2) is 7.99. The smallest absolute Gasteiger partial charge is 0.255 e. The highest BCUT2D eigenvalue weighted by molar-refractivity contribution is 5.90. The number of carbonyl (C=O) groups is 1.